The molecule has 2 aromatic heterocycles. The van der Waals surface area contributed by atoms with Crippen molar-refractivity contribution in [3.8, 4) is 22.5 Å². The highest BCUT2D eigenvalue weighted by Crippen LogP contribution is 2.33. The molecule has 1 atom stereocenters. The molecular formula is C21H16IN3OS. The van der Waals surface area contributed by atoms with Crippen LogP contribution in [0.2, 0.25) is 0 Å². The third kappa shape index (κ3) is 3.72. The van der Waals surface area contributed by atoms with E-state index in [0.29, 0.717) is 11.3 Å². The fourth-order valence-corrected chi connectivity index (χ4v) is 4.19. The molecule has 4 rings (SSSR count). The molecule has 0 radical (unpaired) electrons. The highest BCUT2D eigenvalue weighted by atomic mass is 127. The lowest BCUT2D eigenvalue weighted by molar-refractivity contribution is 0.700. The second kappa shape index (κ2) is 7.74. The van der Waals surface area contributed by atoms with Gasteiger partial charge in [-0.25, -0.2) is 9.19 Å². The summed E-state index contributed by atoms with van der Waals surface area (Å²) in [6.07, 6.45) is 9.54. The lowest BCUT2D eigenvalue weighted by atomic mass is 9.96. The lowest BCUT2D eigenvalue weighted by Crippen LogP contribution is -2.13. The van der Waals surface area contributed by atoms with Crippen molar-refractivity contribution in [1.82, 2.24) is 15.0 Å². The van der Waals surface area contributed by atoms with Crippen molar-refractivity contribution in [2.24, 2.45) is 0 Å². The zero-order valence-electron chi connectivity index (χ0n) is 14.5. The van der Waals surface area contributed by atoms with Gasteiger partial charge in [-0.05, 0) is 59.9 Å². The summed E-state index contributed by atoms with van der Waals surface area (Å²) in [4.78, 5) is 13.2. The number of pyridine rings is 1. The number of halogens is 1. The number of nitrogens with one attached hydrogen (secondary N) is 1. The predicted octanol–water partition coefficient (Wildman–Crippen LogP) is 4.73. The van der Waals surface area contributed by atoms with Crippen LogP contribution in [0, 0.1) is 3.57 Å². The molecule has 2 heterocycles. The van der Waals surface area contributed by atoms with E-state index >= 15 is 0 Å². The molecule has 6 heteroatoms. The van der Waals surface area contributed by atoms with Crippen molar-refractivity contribution in [2.45, 2.75) is 12.8 Å². The first-order valence-electron chi connectivity index (χ1n) is 8.45. The van der Waals surface area contributed by atoms with E-state index in [1.807, 2.05) is 43.4 Å². The Labute approximate surface area is 174 Å². The van der Waals surface area contributed by atoms with Gasteiger partial charge in [0.1, 0.15) is 5.82 Å². The molecule has 4 nitrogen and oxygen atoms in total. The quantitative estimate of drug-likeness (QED) is 0.431. The highest BCUT2D eigenvalue weighted by Gasteiger charge is 2.23. The van der Waals surface area contributed by atoms with E-state index in [-0.39, 0.29) is 5.92 Å². The summed E-state index contributed by atoms with van der Waals surface area (Å²) in [5.74, 6) is 0.613. The summed E-state index contributed by atoms with van der Waals surface area (Å²) in [6.45, 7) is 1.99. The molecule has 3 aromatic rings. The van der Waals surface area contributed by atoms with Crippen molar-refractivity contribution >= 4 is 38.7 Å². The topological polar surface area (TPSA) is 58.6 Å². The fourth-order valence-electron chi connectivity index (χ4n) is 3.12. The monoisotopic (exact) mass is 485 g/mol. The summed E-state index contributed by atoms with van der Waals surface area (Å²) in [5.41, 5.74) is 4.94. The van der Waals surface area contributed by atoms with E-state index in [1.54, 1.807) is 12.4 Å². The molecule has 0 amide bonds. The minimum absolute atomic E-state index is 0.159. The van der Waals surface area contributed by atoms with Gasteiger partial charge in [0, 0.05) is 27.1 Å². The minimum atomic E-state index is -0.159. The van der Waals surface area contributed by atoms with Crippen LogP contribution in [-0.4, -0.2) is 24.0 Å². The Hall–Kier alpha value is -2.32. The summed E-state index contributed by atoms with van der Waals surface area (Å²) < 4.78 is 12.8. The Balaban J connectivity index is 1.89. The van der Waals surface area contributed by atoms with Crippen molar-refractivity contribution in [2.75, 3.05) is 0 Å². The molecule has 1 aliphatic carbocycles. The Bertz CT molecular complexity index is 1110. The molecule has 0 spiro atoms. The van der Waals surface area contributed by atoms with Crippen LogP contribution in [0.4, 0.5) is 0 Å². The SMILES string of the molecule is CC1=CC(=S=O)C(c2nc(-c3cccc(I)c3)c(-c3ccncc3)[nH]2)C=C1. The van der Waals surface area contributed by atoms with E-state index in [9.17, 15) is 4.21 Å². The number of imidazole rings is 1. The second-order valence-electron chi connectivity index (χ2n) is 6.30. The number of aromatic amines is 1. The highest BCUT2D eigenvalue weighted by molar-refractivity contribution is 14.1. The van der Waals surface area contributed by atoms with Gasteiger partial charge in [-0.2, -0.15) is 0 Å². The fraction of sp³-hybridized carbons (Fsp3) is 0.0952. The van der Waals surface area contributed by atoms with E-state index in [0.717, 1.165) is 42.3 Å². The number of nitrogens with zero attached hydrogens (tertiary/aromatic N) is 2. The van der Waals surface area contributed by atoms with Gasteiger partial charge in [0.25, 0.3) is 0 Å². The number of allylic oxidation sites excluding steroid dienone is 4. The first kappa shape index (κ1) is 18.1. The summed E-state index contributed by atoms with van der Waals surface area (Å²) in [7, 11) is 0. The average Bonchev–Trinajstić information content (AvgIpc) is 3.14. The van der Waals surface area contributed by atoms with Gasteiger partial charge in [-0.3, -0.25) is 4.98 Å². The van der Waals surface area contributed by atoms with Gasteiger partial charge in [-0.1, -0.05) is 29.9 Å². The molecule has 0 aliphatic heterocycles. The standard InChI is InChI=1S/C21H16IN3OS/c1-13-5-6-17(18(11-13)27-26)21-24-19(14-7-9-23-10-8-14)20(25-21)15-3-2-4-16(22)12-15/h2-12,17H,1H3,(H,24,25). The Kier molecular flexibility index (Phi) is 5.18. The van der Waals surface area contributed by atoms with Gasteiger partial charge in [0.2, 0.25) is 0 Å². The van der Waals surface area contributed by atoms with Gasteiger partial charge >= 0.3 is 0 Å². The largest absolute Gasteiger partial charge is 0.341 e. The maximum Gasteiger partial charge on any atom is 0.119 e. The molecule has 1 unspecified atom stereocenters. The zero-order chi connectivity index (χ0) is 18.8. The minimum Gasteiger partial charge on any atom is -0.341 e. The lowest BCUT2D eigenvalue weighted by Gasteiger charge is -2.13. The van der Waals surface area contributed by atoms with E-state index in [4.69, 9.17) is 4.98 Å². The van der Waals surface area contributed by atoms with E-state index < -0.39 is 0 Å². The summed E-state index contributed by atoms with van der Waals surface area (Å²) >= 11 is 2.83. The van der Waals surface area contributed by atoms with Crippen LogP contribution < -0.4 is 0 Å². The molecule has 27 heavy (non-hydrogen) atoms. The third-order valence-corrected chi connectivity index (χ3v) is 5.64. The maximum absolute atomic E-state index is 11.6. The normalized spacial score (nSPS) is 16.3. The zero-order valence-corrected chi connectivity index (χ0v) is 17.5. The molecule has 1 aromatic carbocycles. The Morgan fingerprint density at radius 2 is 1.96 bits per heavy atom. The number of hydrogen-bond donors (Lipinski definition) is 1. The molecular weight excluding hydrogens is 469 g/mol. The van der Waals surface area contributed by atoms with Crippen molar-refractivity contribution < 1.29 is 4.21 Å². The first-order chi connectivity index (χ1) is 13.2. The second-order valence-corrected chi connectivity index (χ2v) is 8.19. The molecule has 1 aliphatic rings. The van der Waals surface area contributed by atoms with Crippen LogP contribution in [-0.2, 0) is 11.3 Å². The van der Waals surface area contributed by atoms with Gasteiger partial charge in [0.05, 0.1) is 33.4 Å². The van der Waals surface area contributed by atoms with Gasteiger partial charge in [0.15, 0.2) is 0 Å². The van der Waals surface area contributed by atoms with Crippen molar-refractivity contribution in [3.05, 3.63) is 82.0 Å². The average molecular weight is 485 g/mol. The molecule has 134 valence electrons. The van der Waals surface area contributed by atoms with Crippen LogP contribution in [0.15, 0.2) is 72.6 Å². The third-order valence-electron chi connectivity index (χ3n) is 4.41. The van der Waals surface area contributed by atoms with Crippen LogP contribution in [0.25, 0.3) is 22.5 Å². The molecule has 1 N–H and O–H groups in total. The number of aromatic nitrogens is 3. The van der Waals surface area contributed by atoms with Crippen LogP contribution in [0.5, 0.6) is 0 Å². The smallest absolute Gasteiger partial charge is 0.119 e. The van der Waals surface area contributed by atoms with E-state index in [1.165, 1.54) is 0 Å². The molecule has 0 bridgehead atoms. The van der Waals surface area contributed by atoms with Gasteiger partial charge in [-0.15, -0.1) is 0 Å². The molecule has 0 fully saturated rings. The van der Waals surface area contributed by atoms with Crippen molar-refractivity contribution in [3.63, 3.8) is 0 Å². The summed E-state index contributed by atoms with van der Waals surface area (Å²) in [5, 5.41) is 0. The van der Waals surface area contributed by atoms with Crippen LogP contribution in [0.3, 0.4) is 0 Å². The number of benzene rings is 1. The maximum atomic E-state index is 11.6. The van der Waals surface area contributed by atoms with E-state index in [2.05, 4.69) is 50.8 Å². The Morgan fingerprint density at radius 1 is 1.15 bits per heavy atom. The molecule has 0 saturated heterocycles. The van der Waals surface area contributed by atoms with Crippen LogP contribution >= 0.6 is 22.6 Å². The Morgan fingerprint density at radius 3 is 2.70 bits per heavy atom. The number of rotatable bonds is 3. The molecule has 0 saturated carbocycles. The van der Waals surface area contributed by atoms with Crippen LogP contribution in [0.1, 0.15) is 18.7 Å². The first-order valence-corrected chi connectivity index (χ1v) is 10.3. The number of hydrogen-bond acceptors (Lipinski definition) is 3. The van der Waals surface area contributed by atoms with Crippen molar-refractivity contribution in [1.29, 1.82) is 0 Å². The summed E-state index contributed by atoms with van der Waals surface area (Å²) in [6, 6.07) is 12.2. The number of H-pyrrole nitrogens is 1. The predicted molar refractivity (Wildman–Crippen MR) is 119 cm³/mol. The van der Waals surface area contributed by atoms with Gasteiger partial charge < -0.3 is 4.98 Å².